The second-order valence-corrected chi connectivity index (χ2v) is 5.83. The number of carbonyl (C=O) groups is 1. The molecule has 20 heavy (non-hydrogen) atoms. The minimum atomic E-state index is -0.504. The molecule has 1 aliphatic heterocycles. The predicted octanol–water partition coefficient (Wildman–Crippen LogP) is 2.23. The van der Waals surface area contributed by atoms with Gasteiger partial charge in [-0.05, 0) is 48.3 Å². The number of non-ortho nitro benzene ring substituents is 1. The summed E-state index contributed by atoms with van der Waals surface area (Å²) in [5.41, 5.74) is 0.211. The zero-order chi connectivity index (χ0) is 14.7. The molecule has 2 N–H and O–H groups in total. The van der Waals surface area contributed by atoms with E-state index in [-0.39, 0.29) is 17.6 Å². The Bertz CT molecular complexity index is 536. The van der Waals surface area contributed by atoms with Crippen molar-refractivity contribution in [3.05, 3.63) is 38.3 Å². The van der Waals surface area contributed by atoms with Crippen LogP contribution in [-0.2, 0) is 0 Å². The normalized spacial score (nSPS) is 22.3. The van der Waals surface area contributed by atoms with E-state index in [1.54, 1.807) is 0 Å². The molecule has 108 valence electrons. The Kier molecular flexibility index (Phi) is 4.72. The minimum Gasteiger partial charge on any atom is -0.349 e. The van der Waals surface area contributed by atoms with Crippen molar-refractivity contribution in [3.8, 4) is 0 Å². The fourth-order valence-electron chi connectivity index (χ4n) is 2.33. The standard InChI is InChI=1S/C13H16BrN3O3/c1-8-6-9(4-5-15-8)16-13(18)11-7-10(17(19)20)2-3-12(11)14/h2-3,7-9,15H,4-6H2,1H3,(H,16,18). The van der Waals surface area contributed by atoms with Gasteiger partial charge in [0.05, 0.1) is 10.5 Å². The van der Waals surface area contributed by atoms with Gasteiger partial charge in [0, 0.05) is 28.7 Å². The molecule has 1 fully saturated rings. The Morgan fingerprint density at radius 1 is 1.55 bits per heavy atom. The summed E-state index contributed by atoms with van der Waals surface area (Å²) in [7, 11) is 0. The number of amides is 1. The van der Waals surface area contributed by atoms with E-state index in [2.05, 4.69) is 33.5 Å². The van der Waals surface area contributed by atoms with Crippen molar-refractivity contribution in [3.63, 3.8) is 0 Å². The van der Waals surface area contributed by atoms with Gasteiger partial charge in [0.25, 0.3) is 11.6 Å². The quantitative estimate of drug-likeness (QED) is 0.652. The van der Waals surface area contributed by atoms with Crippen LogP contribution >= 0.6 is 15.9 Å². The van der Waals surface area contributed by atoms with E-state index in [0.29, 0.717) is 16.1 Å². The Balaban J connectivity index is 2.12. The van der Waals surface area contributed by atoms with E-state index in [1.165, 1.54) is 18.2 Å². The summed E-state index contributed by atoms with van der Waals surface area (Å²) in [6.07, 6.45) is 1.72. The van der Waals surface area contributed by atoms with Crippen molar-refractivity contribution < 1.29 is 9.72 Å². The van der Waals surface area contributed by atoms with Gasteiger partial charge in [-0.15, -0.1) is 0 Å². The van der Waals surface area contributed by atoms with Crippen LogP contribution < -0.4 is 10.6 Å². The van der Waals surface area contributed by atoms with E-state index >= 15 is 0 Å². The second kappa shape index (κ2) is 6.32. The van der Waals surface area contributed by atoms with E-state index in [1.807, 2.05) is 0 Å². The van der Waals surface area contributed by atoms with Crippen LogP contribution in [0.2, 0.25) is 0 Å². The maximum atomic E-state index is 12.2. The van der Waals surface area contributed by atoms with Gasteiger partial charge in [0.15, 0.2) is 0 Å². The fraction of sp³-hybridized carbons (Fsp3) is 0.462. The summed E-state index contributed by atoms with van der Waals surface area (Å²) < 4.78 is 0.558. The van der Waals surface area contributed by atoms with Gasteiger partial charge in [-0.3, -0.25) is 14.9 Å². The second-order valence-electron chi connectivity index (χ2n) is 4.97. The Labute approximate surface area is 125 Å². The lowest BCUT2D eigenvalue weighted by Crippen LogP contribution is -2.46. The van der Waals surface area contributed by atoms with Gasteiger partial charge in [-0.1, -0.05) is 0 Å². The molecular formula is C13H16BrN3O3. The first-order valence-electron chi connectivity index (χ1n) is 6.45. The number of hydrogen-bond donors (Lipinski definition) is 2. The summed E-state index contributed by atoms with van der Waals surface area (Å²) in [6.45, 7) is 2.93. The average molecular weight is 342 g/mol. The van der Waals surface area contributed by atoms with E-state index in [4.69, 9.17) is 0 Å². The number of halogens is 1. The molecule has 1 aliphatic rings. The first-order valence-corrected chi connectivity index (χ1v) is 7.25. The first-order chi connectivity index (χ1) is 9.47. The molecule has 2 rings (SSSR count). The van der Waals surface area contributed by atoms with Crippen molar-refractivity contribution in [2.45, 2.75) is 31.8 Å². The molecule has 2 unspecified atom stereocenters. The lowest BCUT2D eigenvalue weighted by molar-refractivity contribution is -0.384. The van der Waals surface area contributed by atoms with Crippen LogP contribution in [0.4, 0.5) is 5.69 Å². The van der Waals surface area contributed by atoms with Gasteiger partial charge >= 0.3 is 0 Å². The predicted molar refractivity (Wildman–Crippen MR) is 78.7 cm³/mol. The molecule has 1 saturated heterocycles. The Hall–Kier alpha value is -1.47. The fourth-order valence-corrected chi connectivity index (χ4v) is 2.75. The number of carbonyl (C=O) groups excluding carboxylic acids is 1. The summed E-state index contributed by atoms with van der Waals surface area (Å²) in [6, 6.07) is 4.66. The SMILES string of the molecule is CC1CC(NC(=O)c2cc([N+](=O)[O-])ccc2Br)CCN1. The van der Waals surface area contributed by atoms with Crippen LogP contribution in [0.3, 0.4) is 0 Å². The molecule has 2 atom stereocenters. The molecule has 7 heteroatoms. The lowest BCUT2D eigenvalue weighted by atomic mass is 10.0. The van der Waals surface area contributed by atoms with Crippen molar-refractivity contribution in [2.75, 3.05) is 6.54 Å². The van der Waals surface area contributed by atoms with Crippen molar-refractivity contribution in [1.29, 1.82) is 0 Å². The van der Waals surface area contributed by atoms with Gasteiger partial charge in [-0.2, -0.15) is 0 Å². The number of nitro groups is 1. The number of nitrogens with one attached hydrogen (secondary N) is 2. The smallest absolute Gasteiger partial charge is 0.270 e. The average Bonchev–Trinajstić information content (AvgIpc) is 2.38. The van der Waals surface area contributed by atoms with Crippen LogP contribution in [0.1, 0.15) is 30.1 Å². The number of piperidine rings is 1. The number of benzene rings is 1. The maximum Gasteiger partial charge on any atom is 0.270 e. The van der Waals surface area contributed by atoms with Crippen LogP contribution in [0.25, 0.3) is 0 Å². The number of rotatable bonds is 3. The molecule has 1 aromatic carbocycles. The van der Waals surface area contributed by atoms with Crippen LogP contribution in [0.5, 0.6) is 0 Å². The molecule has 1 heterocycles. The molecule has 0 saturated carbocycles. The molecule has 0 bridgehead atoms. The van der Waals surface area contributed by atoms with Crippen molar-refractivity contribution in [1.82, 2.24) is 10.6 Å². The first kappa shape index (κ1) is 14.9. The number of nitrogens with zero attached hydrogens (tertiary/aromatic N) is 1. The van der Waals surface area contributed by atoms with E-state index in [9.17, 15) is 14.9 Å². The minimum absolute atomic E-state index is 0.0861. The summed E-state index contributed by atoms with van der Waals surface area (Å²) in [5.74, 6) is -0.278. The van der Waals surface area contributed by atoms with E-state index < -0.39 is 4.92 Å². The molecule has 0 aliphatic carbocycles. The summed E-state index contributed by atoms with van der Waals surface area (Å²) in [4.78, 5) is 22.5. The Morgan fingerprint density at radius 2 is 2.30 bits per heavy atom. The van der Waals surface area contributed by atoms with E-state index in [0.717, 1.165) is 19.4 Å². The van der Waals surface area contributed by atoms with Crippen LogP contribution in [0, 0.1) is 10.1 Å². The highest BCUT2D eigenvalue weighted by molar-refractivity contribution is 9.10. The zero-order valence-corrected chi connectivity index (χ0v) is 12.6. The third kappa shape index (κ3) is 3.55. The molecule has 0 radical (unpaired) electrons. The topological polar surface area (TPSA) is 84.3 Å². The highest BCUT2D eigenvalue weighted by Gasteiger charge is 2.22. The molecule has 6 nitrogen and oxygen atoms in total. The molecule has 1 aromatic rings. The Morgan fingerprint density at radius 3 is 2.95 bits per heavy atom. The molecule has 0 aromatic heterocycles. The van der Waals surface area contributed by atoms with Crippen molar-refractivity contribution in [2.24, 2.45) is 0 Å². The van der Waals surface area contributed by atoms with Gasteiger partial charge in [0.2, 0.25) is 0 Å². The highest BCUT2D eigenvalue weighted by Crippen LogP contribution is 2.23. The monoisotopic (exact) mass is 341 g/mol. The zero-order valence-electron chi connectivity index (χ0n) is 11.1. The highest BCUT2D eigenvalue weighted by atomic mass is 79.9. The molecule has 1 amide bonds. The summed E-state index contributed by atoms with van der Waals surface area (Å²) in [5, 5.41) is 17.0. The summed E-state index contributed by atoms with van der Waals surface area (Å²) >= 11 is 3.26. The van der Waals surface area contributed by atoms with Crippen molar-refractivity contribution >= 4 is 27.5 Å². The van der Waals surface area contributed by atoms with Gasteiger partial charge < -0.3 is 10.6 Å². The van der Waals surface area contributed by atoms with Crippen LogP contribution in [0.15, 0.2) is 22.7 Å². The lowest BCUT2D eigenvalue weighted by Gasteiger charge is -2.28. The van der Waals surface area contributed by atoms with Gasteiger partial charge in [-0.25, -0.2) is 0 Å². The third-order valence-electron chi connectivity index (χ3n) is 3.36. The third-order valence-corrected chi connectivity index (χ3v) is 4.06. The molecule has 0 spiro atoms. The largest absolute Gasteiger partial charge is 0.349 e. The number of nitro benzene ring substituents is 1. The maximum absolute atomic E-state index is 12.2. The van der Waals surface area contributed by atoms with Gasteiger partial charge in [0.1, 0.15) is 0 Å². The van der Waals surface area contributed by atoms with Crippen LogP contribution in [-0.4, -0.2) is 29.5 Å². The number of hydrogen-bond acceptors (Lipinski definition) is 4. The molecular weight excluding hydrogens is 326 g/mol.